The predicted molar refractivity (Wildman–Crippen MR) is 78.6 cm³/mol. The number of hydrogen-bond donors (Lipinski definition) is 2. The van der Waals surface area contributed by atoms with Crippen LogP contribution in [0.15, 0.2) is 0 Å². The van der Waals surface area contributed by atoms with E-state index in [9.17, 15) is 14.4 Å². The van der Waals surface area contributed by atoms with Crippen molar-refractivity contribution in [3.8, 4) is 0 Å². The SMILES string of the molecule is CC1CC(C(=O)O)CN(C(=O)CNC(=O)CC(C)(C)C)C1. The number of nitrogens with one attached hydrogen (secondary N) is 1. The zero-order chi connectivity index (χ0) is 16.2. The molecular weight excluding hydrogens is 272 g/mol. The molecule has 2 unspecified atom stereocenters. The maximum Gasteiger partial charge on any atom is 0.308 e. The lowest BCUT2D eigenvalue weighted by atomic mass is 9.90. The van der Waals surface area contributed by atoms with E-state index in [1.54, 1.807) is 4.90 Å². The Labute approximate surface area is 125 Å². The van der Waals surface area contributed by atoms with Gasteiger partial charge in [0.15, 0.2) is 0 Å². The highest BCUT2D eigenvalue weighted by Gasteiger charge is 2.31. The van der Waals surface area contributed by atoms with Gasteiger partial charge in [-0.2, -0.15) is 0 Å². The fraction of sp³-hybridized carbons (Fsp3) is 0.800. The summed E-state index contributed by atoms with van der Waals surface area (Å²) in [5.74, 6) is -1.58. The fourth-order valence-electron chi connectivity index (χ4n) is 2.56. The first-order valence-corrected chi connectivity index (χ1v) is 7.36. The number of piperidine rings is 1. The zero-order valence-corrected chi connectivity index (χ0v) is 13.3. The molecule has 0 aromatic heterocycles. The van der Waals surface area contributed by atoms with Crippen LogP contribution < -0.4 is 5.32 Å². The summed E-state index contributed by atoms with van der Waals surface area (Å²) in [7, 11) is 0. The van der Waals surface area contributed by atoms with Gasteiger partial charge in [-0.1, -0.05) is 27.7 Å². The Bertz CT molecular complexity index is 414. The first-order chi connectivity index (χ1) is 9.58. The molecule has 1 aliphatic rings. The standard InChI is InChI=1S/C15H26N2O4/c1-10-5-11(14(20)21)9-17(8-10)13(19)7-16-12(18)6-15(2,3)4/h10-11H,5-9H2,1-4H3,(H,16,18)(H,20,21). The molecule has 1 fully saturated rings. The smallest absolute Gasteiger partial charge is 0.308 e. The molecule has 1 aliphatic heterocycles. The maximum absolute atomic E-state index is 12.1. The van der Waals surface area contributed by atoms with Crippen LogP contribution in [0, 0.1) is 17.3 Å². The van der Waals surface area contributed by atoms with Gasteiger partial charge in [0.2, 0.25) is 11.8 Å². The lowest BCUT2D eigenvalue weighted by Crippen LogP contribution is -2.49. The molecule has 0 radical (unpaired) electrons. The second-order valence-electron chi connectivity index (χ2n) is 7.19. The third-order valence-corrected chi connectivity index (χ3v) is 3.49. The average molecular weight is 298 g/mol. The lowest BCUT2D eigenvalue weighted by Gasteiger charge is -2.34. The zero-order valence-electron chi connectivity index (χ0n) is 13.3. The number of carboxylic acids is 1. The maximum atomic E-state index is 12.1. The molecule has 6 nitrogen and oxygen atoms in total. The molecule has 2 atom stereocenters. The Morgan fingerprint density at radius 1 is 1.24 bits per heavy atom. The predicted octanol–water partition coefficient (Wildman–Crippen LogP) is 1.11. The van der Waals surface area contributed by atoms with Gasteiger partial charge in [-0.25, -0.2) is 0 Å². The van der Waals surface area contributed by atoms with E-state index in [-0.39, 0.29) is 36.2 Å². The molecule has 1 saturated heterocycles. The second-order valence-corrected chi connectivity index (χ2v) is 7.19. The molecule has 0 saturated carbocycles. The highest BCUT2D eigenvalue weighted by molar-refractivity contribution is 5.85. The molecule has 2 amide bonds. The van der Waals surface area contributed by atoms with Crippen LogP contribution in [0.1, 0.15) is 40.5 Å². The molecule has 6 heteroatoms. The first-order valence-electron chi connectivity index (χ1n) is 7.36. The number of carboxylic acid groups (broad SMARTS) is 1. The van der Waals surface area contributed by atoms with Crippen molar-refractivity contribution >= 4 is 17.8 Å². The van der Waals surface area contributed by atoms with Gasteiger partial charge in [0, 0.05) is 19.5 Å². The van der Waals surface area contributed by atoms with E-state index in [4.69, 9.17) is 5.11 Å². The largest absolute Gasteiger partial charge is 0.481 e. The minimum atomic E-state index is -0.865. The van der Waals surface area contributed by atoms with E-state index in [1.165, 1.54) is 0 Å². The highest BCUT2D eigenvalue weighted by atomic mass is 16.4. The Balaban J connectivity index is 2.47. The number of rotatable bonds is 4. The van der Waals surface area contributed by atoms with Gasteiger partial charge in [-0.15, -0.1) is 0 Å². The van der Waals surface area contributed by atoms with Crippen LogP contribution in [-0.2, 0) is 14.4 Å². The minimum absolute atomic E-state index is 0.0615. The van der Waals surface area contributed by atoms with Crippen LogP contribution in [0.3, 0.4) is 0 Å². The van der Waals surface area contributed by atoms with Gasteiger partial charge in [0.05, 0.1) is 12.5 Å². The van der Waals surface area contributed by atoms with Crippen LogP contribution >= 0.6 is 0 Å². The number of amides is 2. The monoisotopic (exact) mass is 298 g/mol. The van der Waals surface area contributed by atoms with Gasteiger partial charge >= 0.3 is 5.97 Å². The second kappa shape index (κ2) is 6.91. The summed E-state index contributed by atoms with van der Waals surface area (Å²) in [5.41, 5.74) is -0.124. The molecule has 1 rings (SSSR count). The molecule has 0 bridgehead atoms. The summed E-state index contributed by atoms with van der Waals surface area (Å²) < 4.78 is 0. The fourth-order valence-corrected chi connectivity index (χ4v) is 2.56. The molecule has 1 heterocycles. The van der Waals surface area contributed by atoms with Gasteiger partial charge in [-0.3, -0.25) is 14.4 Å². The number of nitrogens with zero attached hydrogens (tertiary/aromatic N) is 1. The van der Waals surface area contributed by atoms with Crippen LogP contribution in [0.5, 0.6) is 0 Å². The summed E-state index contributed by atoms with van der Waals surface area (Å²) in [6, 6.07) is 0. The lowest BCUT2D eigenvalue weighted by molar-refractivity contribution is -0.147. The van der Waals surface area contributed by atoms with Crippen LogP contribution in [0.25, 0.3) is 0 Å². The highest BCUT2D eigenvalue weighted by Crippen LogP contribution is 2.22. The number of carbonyl (C=O) groups is 3. The van der Waals surface area contributed by atoms with Crippen LogP contribution in [-0.4, -0.2) is 47.4 Å². The van der Waals surface area contributed by atoms with Gasteiger partial charge in [-0.05, 0) is 17.8 Å². The quantitative estimate of drug-likeness (QED) is 0.814. The number of likely N-dealkylation sites (tertiary alicyclic amines) is 1. The molecular formula is C15H26N2O4. The van der Waals surface area contributed by atoms with Crippen molar-refractivity contribution in [1.82, 2.24) is 10.2 Å². The molecule has 120 valence electrons. The van der Waals surface area contributed by atoms with Crippen molar-refractivity contribution in [2.45, 2.75) is 40.5 Å². The summed E-state index contributed by atoms with van der Waals surface area (Å²) in [6.45, 7) is 8.53. The third kappa shape index (κ3) is 6.14. The molecule has 2 N–H and O–H groups in total. The molecule has 0 aromatic carbocycles. The van der Waals surface area contributed by atoms with E-state index in [0.717, 1.165) is 0 Å². The van der Waals surface area contributed by atoms with Crippen molar-refractivity contribution in [2.75, 3.05) is 19.6 Å². The van der Waals surface area contributed by atoms with Crippen molar-refractivity contribution in [1.29, 1.82) is 0 Å². The topological polar surface area (TPSA) is 86.7 Å². The summed E-state index contributed by atoms with van der Waals surface area (Å²) in [5, 5.41) is 11.7. The van der Waals surface area contributed by atoms with Crippen molar-refractivity contribution in [2.24, 2.45) is 17.3 Å². The van der Waals surface area contributed by atoms with Crippen LogP contribution in [0.4, 0.5) is 0 Å². The van der Waals surface area contributed by atoms with Crippen LogP contribution in [0.2, 0.25) is 0 Å². The van der Waals surface area contributed by atoms with Gasteiger partial charge < -0.3 is 15.3 Å². The van der Waals surface area contributed by atoms with Gasteiger partial charge in [0.1, 0.15) is 0 Å². The van der Waals surface area contributed by atoms with Crippen molar-refractivity contribution in [3.05, 3.63) is 0 Å². The summed E-state index contributed by atoms with van der Waals surface area (Å²) in [6.07, 6.45) is 0.948. The Morgan fingerprint density at radius 3 is 2.38 bits per heavy atom. The van der Waals surface area contributed by atoms with E-state index in [0.29, 0.717) is 19.4 Å². The van der Waals surface area contributed by atoms with E-state index in [2.05, 4.69) is 5.32 Å². The average Bonchev–Trinajstić information content (AvgIpc) is 2.33. The first kappa shape index (κ1) is 17.5. The number of carbonyl (C=O) groups excluding carboxylic acids is 2. The summed E-state index contributed by atoms with van der Waals surface area (Å²) >= 11 is 0. The van der Waals surface area contributed by atoms with E-state index in [1.807, 2.05) is 27.7 Å². The number of aliphatic carboxylic acids is 1. The Kier molecular flexibility index (Phi) is 5.75. The van der Waals surface area contributed by atoms with E-state index < -0.39 is 11.9 Å². The van der Waals surface area contributed by atoms with Crippen molar-refractivity contribution in [3.63, 3.8) is 0 Å². The summed E-state index contributed by atoms with van der Waals surface area (Å²) in [4.78, 5) is 36.4. The van der Waals surface area contributed by atoms with Crippen molar-refractivity contribution < 1.29 is 19.5 Å². The molecule has 0 aliphatic carbocycles. The van der Waals surface area contributed by atoms with Gasteiger partial charge in [0.25, 0.3) is 0 Å². The Morgan fingerprint density at radius 2 is 1.86 bits per heavy atom. The third-order valence-electron chi connectivity index (χ3n) is 3.49. The molecule has 21 heavy (non-hydrogen) atoms. The molecule has 0 spiro atoms. The normalized spacial score (nSPS) is 22.8. The Hall–Kier alpha value is -1.59. The number of hydrogen-bond acceptors (Lipinski definition) is 3. The molecule has 0 aromatic rings. The minimum Gasteiger partial charge on any atom is -0.481 e. The van der Waals surface area contributed by atoms with E-state index >= 15 is 0 Å².